The van der Waals surface area contributed by atoms with E-state index in [4.69, 9.17) is 25.8 Å². The first kappa shape index (κ1) is 17.0. The van der Waals surface area contributed by atoms with Crippen LogP contribution in [0.1, 0.15) is 5.56 Å². The van der Waals surface area contributed by atoms with Crippen LogP contribution in [0.5, 0.6) is 17.2 Å². The van der Waals surface area contributed by atoms with Gasteiger partial charge in [0.05, 0.1) is 38.5 Å². The first-order valence-corrected chi connectivity index (χ1v) is 7.30. The topological polar surface area (TPSA) is 56.8 Å². The number of methoxy groups -OCH3 is 3. The number of halogens is 1. The zero-order chi connectivity index (χ0) is 16.8. The van der Waals surface area contributed by atoms with Gasteiger partial charge in [0, 0.05) is 11.6 Å². The quantitative estimate of drug-likeness (QED) is 0.877. The Kier molecular flexibility index (Phi) is 5.71. The molecule has 0 heterocycles. The summed E-state index contributed by atoms with van der Waals surface area (Å²) >= 11 is 6.10. The van der Waals surface area contributed by atoms with Crippen LogP contribution in [0.4, 0.5) is 5.69 Å². The second kappa shape index (κ2) is 7.74. The van der Waals surface area contributed by atoms with Crippen LogP contribution >= 0.6 is 11.6 Å². The minimum Gasteiger partial charge on any atom is -0.496 e. The van der Waals surface area contributed by atoms with Crippen molar-refractivity contribution in [3.63, 3.8) is 0 Å². The molecule has 23 heavy (non-hydrogen) atoms. The number of amides is 1. The highest BCUT2D eigenvalue weighted by Crippen LogP contribution is 2.36. The van der Waals surface area contributed by atoms with Crippen molar-refractivity contribution in [1.82, 2.24) is 0 Å². The second-order valence-electron chi connectivity index (χ2n) is 4.72. The van der Waals surface area contributed by atoms with Gasteiger partial charge in [-0.05, 0) is 12.1 Å². The number of benzene rings is 2. The number of para-hydroxylation sites is 1. The molecule has 0 aliphatic heterocycles. The van der Waals surface area contributed by atoms with Crippen molar-refractivity contribution >= 4 is 23.2 Å². The lowest BCUT2D eigenvalue weighted by atomic mass is 10.1. The van der Waals surface area contributed by atoms with E-state index < -0.39 is 0 Å². The third-order valence-corrected chi connectivity index (χ3v) is 3.59. The van der Waals surface area contributed by atoms with Gasteiger partial charge in [0.1, 0.15) is 17.2 Å². The van der Waals surface area contributed by atoms with E-state index in [2.05, 4.69) is 5.32 Å². The summed E-state index contributed by atoms with van der Waals surface area (Å²) in [5.41, 5.74) is 1.28. The van der Waals surface area contributed by atoms with Crippen LogP contribution in [-0.2, 0) is 11.2 Å². The average Bonchev–Trinajstić information content (AvgIpc) is 2.55. The fourth-order valence-electron chi connectivity index (χ4n) is 2.17. The van der Waals surface area contributed by atoms with Gasteiger partial charge >= 0.3 is 0 Å². The van der Waals surface area contributed by atoms with Crippen LogP contribution in [0, 0.1) is 0 Å². The molecule has 0 unspecified atom stereocenters. The van der Waals surface area contributed by atoms with Crippen molar-refractivity contribution in [2.45, 2.75) is 6.42 Å². The maximum absolute atomic E-state index is 12.3. The van der Waals surface area contributed by atoms with Crippen LogP contribution in [0.3, 0.4) is 0 Å². The Balaban J connectivity index is 2.18. The molecule has 2 rings (SSSR count). The molecule has 122 valence electrons. The van der Waals surface area contributed by atoms with Gasteiger partial charge in [-0.1, -0.05) is 29.8 Å². The van der Waals surface area contributed by atoms with E-state index in [1.54, 1.807) is 19.2 Å². The van der Waals surface area contributed by atoms with Crippen LogP contribution in [0.2, 0.25) is 5.02 Å². The third-order valence-electron chi connectivity index (χ3n) is 3.29. The number of hydrogen-bond donors (Lipinski definition) is 1. The largest absolute Gasteiger partial charge is 0.496 e. The number of ether oxygens (including phenoxy) is 3. The van der Waals surface area contributed by atoms with Crippen LogP contribution < -0.4 is 19.5 Å². The van der Waals surface area contributed by atoms with Crippen molar-refractivity contribution in [2.75, 3.05) is 26.6 Å². The molecule has 0 atom stereocenters. The molecule has 6 heteroatoms. The van der Waals surface area contributed by atoms with Crippen molar-refractivity contribution in [2.24, 2.45) is 0 Å². The molecule has 0 aliphatic carbocycles. The number of carbonyl (C=O) groups excluding carboxylic acids is 1. The number of hydrogen-bond acceptors (Lipinski definition) is 4. The number of rotatable bonds is 6. The highest BCUT2D eigenvalue weighted by molar-refractivity contribution is 6.32. The Morgan fingerprint density at radius 1 is 1.00 bits per heavy atom. The molecule has 0 aromatic heterocycles. The first-order chi connectivity index (χ1) is 11.1. The van der Waals surface area contributed by atoms with Crippen LogP contribution in [-0.4, -0.2) is 27.2 Å². The second-order valence-corrected chi connectivity index (χ2v) is 5.13. The maximum Gasteiger partial charge on any atom is 0.229 e. The molecule has 0 aliphatic rings. The predicted molar refractivity (Wildman–Crippen MR) is 89.9 cm³/mol. The Bertz CT molecular complexity index is 703. The van der Waals surface area contributed by atoms with E-state index in [1.807, 2.05) is 24.3 Å². The summed E-state index contributed by atoms with van der Waals surface area (Å²) < 4.78 is 15.6. The van der Waals surface area contributed by atoms with Gasteiger partial charge in [-0.2, -0.15) is 0 Å². The zero-order valence-electron chi connectivity index (χ0n) is 13.2. The van der Waals surface area contributed by atoms with E-state index in [0.717, 1.165) is 5.56 Å². The van der Waals surface area contributed by atoms with E-state index in [9.17, 15) is 4.79 Å². The minimum absolute atomic E-state index is 0.177. The summed E-state index contributed by atoms with van der Waals surface area (Å²) in [5, 5.41) is 3.18. The predicted octanol–water partition coefficient (Wildman–Crippen LogP) is 3.55. The maximum atomic E-state index is 12.3. The van der Waals surface area contributed by atoms with E-state index in [0.29, 0.717) is 28.0 Å². The fourth-order valence-corrected chi connectivity index (χ4v) is 2.41. The highest BCUT2D eigenvalue weighted by Gasteiger charge is 2.14. The molecular formula is C17H18ClNO4. The van der Waals surface area contributed by atoms with Crippen molar-refractivity contribution in [3.05, 3.63) is 47.0 Å². The van der Waals surface area contributed by atoms with Crippen molar-refractivity contribution in [1.29, 1.82) is 0 Å². The molecule has 0 radical (unpaired) electrons. The number of anilines is 1. The molecule has 0 fully saturated rings. The number of nitrogens with one attached hydrogen (secondary N) is 1. The summed E-state index contributed by atoms with van der Waals surface area (Å²) in [6, 6.07) is 10.6. The van der Waals surface area contributed by atoms with Gasteiger partial charge in [0.2, 0.25) is 5.91 Å². The SMILES string of the molecule is COc1cc(OC)c(NC(=O)Cc2ccccc2OC)cc1Cl. The van der Waals surface area contributed by atoms with Crippen molar-refractivity contribution in [3.8, 4) is 17.2 Å². The standard InChI is InChI=1S/C17H18ClNO4/c1-21-14-7-5-4-6-11(14)8-17(20)19-13-9-12(18)15(22-2)10-16(13)23-3/h4-7,9-10H,8H2,1-3H3,(H,19,20). The third kappa shape index (κ3) is 4.07. The molecule has 0 bridgehead atoms. The molecule has 0 saturated carbocycles. The normalized spacial score (nSPS) is 10.1. The lowest BCUT2D eigenvalue weighted by molar-refractivity contribution is -0.115. The molecule has 5 nitrogen and oxygen atoms in total. The van der Waals surface area contributed by atoms with Gasteiger partial charge in [-0.25, -0.2) is 0 Å². The summed E-state index contributed by atoms with van der Waals surface area (Å²) in [5.74, 6) is 1.42. The minimum atomic E-state index is -0.200. The van der Waals surface area contributed by atoms with Gasteiger partial charge < -0.3 is 19.5 Å². The molecular weight excluding hydrogens is 318 g/mol. The van der Waals surface area contributed by atoms with E-state index in [-0.39, 0.29) is 12.3 Å². The molecule has 0 saturated heterocycles. The number of carbonyl (C=O) groups is 1. The van der Waals surface area contributed by atoms with Crippen LogP contribution in [0.25, 0.3) is 0 Å². The molecule has 2 aromatic rings. The summed E-state index contributed by atoms with van der Waals surface area (Å²) in [6.07, 6.45) is 0.177. The zero-order valence-corrected chi connectivity index (χ0v) is 13.9. The average molecular weight is 336 g/mol. The Hall–Kier alpha value is -2.40. The summed E-state index contributed by atoms with van der Waals surface area (Å²) in [7, 11) is 4.60. The Labute approximate surface area is 140 Å². The molecule has 0 spiro atoms. The summed E-state index contributed by atoms with van der Waals surface area (Å²) in [4.78, 5) is 12.3. The van der Waals surface area contributed by atoms with Crippen molar-refractivity contribution < 1.29 is 19.0 Å². The molecule has 2 aromatic carbocycles. The fraction of sp³-hybridized carbons (Fsp3) is 0.235. The first-order valence-electron chi connectivity index (χ1n) is 6.92. The van der Waals surface area contributed by atoms with Gasteiger partial charge in [-0.3, -0.25) is 4.79 Å². The van der Waals surface area contributed by atoms with Gasteiger partial charge in [-0.15, -0.1) is 0 Å². The lowest BCUT2D eigenvalue weighted by Crippen LogP contribution is -2.15. The molecule has 1 amide bonds. The smallest absolute Gasteiger partial charge is 0.229 e. The monoisotopic (exact) mass is 335 g/mol. The Morgan fingerprint density at radius 3 is 2.30 bits per heavy atom. The van der Waals surface area contributed by atoms with Gasteiger partial charge in [0.25, 0.3) is 0 Å². The van der Waals surface area contributed by atoms with Gasteiger partial charge in [0.15, 0.2) is 0 Å². The molecule has 1 N–H and O–H groups in total. The van der Waals surface area contributed by atoms with Crippen LogP contribution in [0.15, 0.2) is 36.4 Å². The highest BCUT2D eigenvalue weighted by atomic mass is 35.5. The summed E-state index contributed by atoms with van der Waals surface area (Å²) in [6.45, 7) is 0. The lowest BCUT2D eigenvalue weighted by Gasteiger charge is -2.13. The van der Waals surface area contributed by atoms with E-state index >= 15 is 0 Å². The Morgan fingerprint density at radius 2 is 1.65 bits per heavy atom. The van der Waals surface area contributed by atoms with E-state index in [1.165, 1.54) is 14.2 Å².